The summed E-state index contributed by atoms with van der Waals surface area (Å²) in [6.45, 7) is 3.75. The van der Waals surface area contributed by atoms with Gasteiger partial charge in [-0.25, -0.2) is 4.68 Å². The summed E-state index contributed by atoms with van der Waals surface area (Å²) in [5, 5.41) is 12.3. The highest BCUT2D eigenvalue weighted by Crippen LogP contribution is 2.39. The minimum atomic E-state index is 0.0461. The number of likely N-dealkylation sites (tertiary alicyclic amines) is 1. The number of aromatic amines is 1. The first-order valence-corrected chi connectivity index (χ1v) is 10.2. The average Bonchev–Trinajstić information content (AvgIpc) is 3.43. The van der Waals surface area contributed by atoms with Crippen LogP contribution in [0.4, 0.5) is 0 Å². The molecule has 5 rings (SSSR count). The number of aromatic nitrogens is 6. The molecule has 1 fully saturated rings. The van der Waals surface area contributed by atoms with E-state index in [0.717, 1.165) is 30.5 Å². The van der Waals surface area contributed by atoms with Crippen molar-refractivity contribution in [3.8, 4) is 11.1 Å². The van der Waals surface area contributed by atoms with Crippen LogP contribution < -0.4 is 0 Å². The highest BCUT2D eigenvalue weighted by atomic mass is 16.2. The van der Waals surface area contributed by atoms with E-state index >= 15 is 0 Å². The number of para-hydroxylation sites is 1. The fraction of sp³-hybridized carbons (Fsp3) is 0.318. The third kappa shape index (κ3) is 3.34. The van der Waals surface area contributed by atoms with Gasteiger partial charge in [-0.15, -0.1) is 5.10 Å². The zero-order valence-electron chi connectivity index (χ0n) is 16.8. The number of aryl methyl sites for hydroxylation is 1. The standard InChI is InChI=1S/C22H23N7O/c1-15-4-2-6-18-20(16-7-9-23-10-8-16)22(25-21(15)18)17-5-3-11-28(12-17)19(30)13-29-14-24-26-27-29/h2,4,6-10,14,17,25H,3,5,11-13H2,1H3/t17-/m1/s1. The molecule has 1 amide bonds. The van der Waals surface area contributed by atoms with E-state index in [1.54, 1.807) is 0 Å². The van der Waals surface area contributed by atoms with Crippen LogP contribution in [0.2, 0.25) is 0 Å². The lowest BCUT2D eigenvalue weighted by molar-refractivity contribution is -0.133. The van der Waals surface area contributed by atoms with E-state index in [9.17, 15) is 4.79 Å². The van der Waals surface area contributed by atoms with Gasteiger partial charge in [0.05, 0.1) is 0 Å². The van der Waals surface area contributed by atoms with E-state index in [-0.39, 0.29) is 18.4 Å². The maximum Gasteiger partial charge on any atom is 0.244 e. The first-order valence-electron chi connectivity index (χ1n) is 10.2. The number of hydrogen-bond acceptors (Lipinski definition) is 5. The second-order valence-corrected chi connectivity index (χ2v) is 7.83. The van der Waals surface area contributed by atoms with Crippen LogP contribution in [-0.2, 0) is 11.3 Å². The topological polar surface area (TPSA) is 92.6 Å². The molecule has 0 bridgehead atoms. The Bertz CT molecular complexity index is 1170. The van der Waals surface area contributed by atoms with Crippen molar-refractivity contribution in [1.29, 1.82) is 0 Å². The predicted octanol–water partition coefficient (Wildman–Crippen LogP) is 2.93. The minimum Gasteiger partial charge on any atom is -0.357 e. The quantitative estimate of drug-likeness (QED) is 0.568. The first-order chi connectivity index (χ1) is 14.7. The SMILES string of the molecule is Cc1cccc2c(-c3ccncc3)c([C@@H]3CCCN(C(=O)Cn4cnnn4)C3)[nH]c12. The first kappa shape index (κ1) is 18.5. The molecular weight excluding hydrogens is 378 g/mol. The molecule has 0 saturated carbocycles. The molecule has 30 heavy (non-hydrogen) atoms. The van der Waals surface area contributed by atoms with Gasteiger partial charge in [0, 0.05) is 53.6 Å². The molecule has 1 saturated heterocycles. The Morgan fingerprint density at radius 3 is 2.90 bits per heavy atom. The molecule has 4 heterocycles. The summed E-state index contributed by atoms with van der Waals surface area (Å²) >= 11 is 0. The molecule has 8 heteroatoms. The van der Waals surface area contributed by atoms with Gasteiger partial charge in [-0.1, -0.05) is 18.2 Å². The van der Waals surface area contributed by atoms with Crippen LogP contribution in [0.1, 0.15) is 30.0 Å². The van der Waals surface area contributed by atoms with Gasteiger partial charge in [0.25, 0.3) is 0 Å². The molecule has 8 nitrogen and oxygen atoms in total. The molecule has 0 radical (unpaired) electrons. The van der Waals surface area contributed by atoms with Crippen molar-refractivity contribution in [3.05, 3.63) is 60.3 Å². The number of nitrogens with zero attached hydrogens (tertiary/aromatic N) is 6. The highest BCUT2D eigenvalue weighted by Gasteiger charge is 2.29. The smallest absolute Gasteiger partial charge is 0.244 e. The highest BCUT2D eigenvalue weighted by molar-refractivity contribution is 5.99. The van der Waals surface area contributed by atoms with Crippen molar-refractivity contribution in [2.24, 2.45) is 0 Å². The molecule has 3 aromatic heterocycles. The van der Waals surface area contributed by atoms with Crippen molar-refractivity contribution >= 4 is 16.8 Å². The number of rotatable bonds is 4. The van der Waals surface area contributed by atoms with Crippen molar-refractivity contribution < 1.29 is 4.79 Å². The number of hydrogen-bond donors (Lipinski definition) is 1. The van der Waals surface area contributed by atoms with Crippen LogP contribution in [0.15, 0.2) is 49.1 Å². The van der Waals surface area contributed by atoms with Gasteiger partial charge < -0.3 is 9.88 Å². The molecule has 1 aromatic carbocycles. The number of piperidine rings is 1. The van der Waals surface area contributed by atoms with E-state index < -0.39 is 0 Å². The summed E-state index contributed by atoms with van der Waals surface area (Å²) in [6.07, 6.45) is 7.14. The lowest BCUT2D eigenvalue weighted by atomic mass is 9.89. The molecule has 0 aliphatic carbocycles. The zero-order valence-corrected chi connectivity index (χ0v) is 16.8. The van der Waals surface area contributed by atoms with Crippen LogP contribution in [0, 0.1) is 6.92 Å². The largest absolute Gasteiger partial charge is 0.357 e. The molecule has 4 aromatic rings. The van der Waals surface area contributed by atoms with E-state index in [1.807, 2.05) is 17.3 Å². The van der Waals surface area contributed by atoms with E-state index in [1.165, 1.54) is 33.2 Å². The number of pyridine rings is 1. The molecule has 152 valence electrons. The van der Waals surface area contributed by atoms with Gasteiger partial charge in [-0.3, -0.25) is 9.78 Å². The monoisotopic (exact) mass is 401 g/mol. The zero-order chi connectivity index (χ0) is 20.5. The van der Waals surface area contributed by atoms with E-state index in [0.29, 0.717) is 6.54 Å². The van der Waals surface area contributed by atoms with Gasteiger partial charge >= 0.3 is 0 Å². The molecule has 1 atom stereocenters. The van der Waals surface area contributed by atoms with Crippen molar-refractivity contribution in [3.63, 3.8) is 0 Å². The second kappa shape index (κ2) is 7.70. The molecule has 0 spiro atoms. The number of carbonyl (C=O) groups is 1. The number of H-pyrrole nitrogens is 1. The average molecular weight is 401 g/mol. The van der Waals surface area contributed by atoms with Crippen LogP contribution in [0.5, 0.6) is 0 Å². The maximum atomic E-state index is 12.8. The number of benzene rings is 1. The molecule has 0 unspecified atom stereocenters. The van der Waals surface area contributed by atoms with Gasteiger partial charge in [0.2, 0.25) is 5.91 Å². The number of fused-ring (bicyclic) bond motifs is 1. The number of carbonyl (C=O) groups excluding carboxylic acids is 1. The molecule has 1 N–H and O–H groups in total. The normalized spacial score (nSPS) is 16.8. The van der Waals surface area contributed by atoms with E-state index in [2.05, 4.69) is 62.7 Å². The number of tetrazole rings is 1. The van der Waals surface area contributed by atoms with Crippen molar-refractivity contribution in [2.75, 3.05) is 13.1 Å². The Balaban J connectivity index is 1.51. The summed E-state index contributed by atoms with van der Waals surface area (Å²) in [6, 6.07) is 10.5. The number of amides is 1. The summed E-state index contributed by atoms with van der Waals surface area (Å²) in [5.74, 6) is 0.288. The van der Waals surface area contributed by atoms with Gasteiger partial charge in [0.1, 0.15) is 12.9 Å². The van der Waals surface area contributed by atoms with Crippen LogP contribution in [0.25, 0.3) is 22.0 Å². The van der Waals surface area contributed by atoms with Crippen LogP contribution >= 0.6 is 0 Å². The Labute approximate surface area is 173 Å². The molecule has 1 aliphatic heterocycles. The summed E-state index contributed by atoms with van der Waals surface area (Å²) in [4.78, 5) is 22.6. The van der Waals surface area contributed by atoms with E-state index in [4.69, 9.17) is 0 Å². The Morgan fingerprint density at radius 2 is 2.10 bits per heavy atom. The van der Waals surface area contributed by atoms with Gasteiger partial charge in [-0.05, 0) is 53.5 Å². The molecular formula is C22H23N7O. The third-order valence-electron chi connectivity index (χ3n) is 5.91. The Morgan fingerprint density at radius 1 is 1.23 bits per heavy atom. The second-order valence-electron chi connectivity index (χ2n) is 7.83. The Hall–Kier alpha value is -3.55. The summed E-state index contributed by atoms with van der Waals surface area (Å²) in [7, 11) is 0. The van der Waals surface area contributed by atoms with Gasteiger partial charge in [0.15, 0.2) is 0 Å². The van der Waals surface area contributed by atoms with Crippen molar-refractivity contribution in [2.45, 2.75) is 32.2 Å². The lowest BCUT2D eigenvalue weighted by Gasteiger charge is -2.33. The third-order valence-corrected chi connectivity index (χ3v) is 5.91. The van der Waals surface area contributed by atoms with Crippen LogP contribution in [-0.4, -0.2) is 54.1 Å². The molecule has 1 aliphatic rings. The summed E-state index contributed by atoms with van der Waals surface area (Å²) in [5.41, 5.74) is 5.95. The predicted molar refractivity (Wildman–Crippen MR) is 113 cm³/mol. The minimum absolute atomic E-state index is 0.0461. The Kier molecular flexibility index (Phi) is 4.74. The van der Waals surface area contributed by atoms with Crippen molar-refractivity contribution in [1.82, 2.24) is 35.1 Å². The fourth-order valence-corrected chi connectivity index (χ4v) is 4.45. The van der Waals surface area contributed by atoms with Gasteiger partial charge in [-0.2, -0.15) is 0 Å². The van der Waals surface area contributed by atoms with Crippen LogP contribution in [0.3, 0.4) is 0 Å². The number of nitrogens with one attached hydrogen (secondary N) is 1. The summed E-state index contributed by atoms with van der Waals surface area (Å²) < 4.78 is 1.47. The maximum absolute atomic E-state index is 12.8. The fourth-order valence-electron chi connectivity index (χ4n) is 4.45. The lowest BCUT2D eigenvalue weighted by Crippen LogP contribution is -2.41.